The monoisotopic (exact) mass is 404 g/mol. The molecule has 4 rings (SSSR count). The molecule has 0 bridgehead atoms. The SMILES string of the molecule is CN(C(=O)Cc1ccc(F)c(C(F)(F)F)c1)[C@@H]1CCc2cc3ccccc3n2C1. The van der Waals surface area contributed by atoms with Crippen LogP contribution in [0.25, 0.3) is 10.9 Å². The molecule has 29 heavy (non-hydrogen) atoms. The van der Waals surface area contributed by atoms with Gasteiger partial charge in [-0.3, -0.25) is 4.79 Å². The predicted molar refractivity (Wildman–Crippen MR) is 102 cm³/mol. The fourth-order valence-electron chi connectivity index (χ4n) is 4.03. The number of likely N-dealkylation sites (N-methyl/N-ethyl adjacent to an activating group) is 1. The zero-order valence-electron chi connectivity index (χ0n) is 15.8. The van der Waals surface area contributed by atoms with Crippen molar-refractivity contribution in [2.24, 2.45) is 0 Å². The number of carbonyl (C=O) groups excluding carboxylic acids is 1. The van der Waals surface area contributed by atoms with Crippen molar-refractivity contribution in [3.8, 4) is 0 Å². The molecule has 1 amide bonds. The minimum Gasteiger partial charge on any atom is -0.343 e. The third-order valence-electron chi connectivity index (χ3n) is 5.66. The van der Waals surface area contributed by atoms with Gasteiger partial charge in [0.05, 0.1) is 12.0 Å². The molecule has 152 valence electrons. The van der Waals surface area contributed by atoms with Gasteiger partial charge in [-0.25, -0.2) is 4.39 Å². The normalized spacial score (nSPS) is 16.7. The van der Waals surface area contributed by atoms with E-state index >= 15 is 0 Å². The molecule has 0 radical (unpaired) electrons. The Hall–Kier alpha value is -2.83. The summed E-state index contributed by atoms with van der Waals surface area (Å²) < 4.78 is 54.4. The largest absolute Gasteiger partial charge is 0.419 e. The summed E-state index contributed by atoms with van der Waals surface area (Å²) in [7, 11) is 1.68. The summed E-state index contributed by atoms with van der Waals surface area (Å²) in [6.07, 6.45) is -3.37. The van der Waals surface area contributed by atoms with E-state index in [2.05, 4.69) is 16.7 Å². The van der Waals surface area contributed by atoms with E-state index in [1.165, 1.54) is 11.8 Å². The van der Waals surface area contributed by atoms with E-state index < -0.39 is 17.6 Å². The van der Waals surface area contributed by atoms with Crippen LogP contribution in [0.3, 0.4) is 0 Å². The van der Waals surface area contributed by atoms with E-state index in [0.717, 1.165) is 35.9 Å². The van der Waals surface area contributed by atoms with Gasteiger partial charge < -0.3 is 9.47 Å². The summed E-state index contributed by atoms with van der Waals surface area (Å²) in [4.78, 5) is 14.3. The lowest BCUT2D eigenvalue weighted by Gasteiger charge is -2.33. The lowest BCUT2D eigenvalue weighted by Crippen LogP contribution is -2.43. The molecule has 0 aliphatic carbocycles. The molecule has 2 heterocycles. The van der Waals surface area contributed by atoms with E-state index in [0.29, 0.717) is 6.54 Å². The highest BCUT2D eigenvalue weighted by Crippen LogP contribution is 2.32. The molecule has 0 fully saturated rings. The Morgan fingerprint density at radius 3 is 2.69 bits per heavy atom. The van der Waals surface area contributed by atoms with Crippen molar-refractivity contribution in [2.45, 2.75) is 38.0 Å². The zero-order valence-corrected chi connectivity index (χ0v) is 15.8. The van der Waals surface area contributed by atoms with E-state index in [4.69, 9.17) is 0 Å². The maximum Gasteiger partial charge on any atom is 0.419 e. The minimum atomic E-state index is -4.79. The summed E-state index contributed by atoms with van der Waals surface area (Å²) in [6.45, 7) is 0.641. The van der Waals surface area contributed by atoms with Gasteiger partial charge in [0.15, 0.2) is 0 Å². The first-order valence-corrected chi connectivity index (χ1v) is 9.42. The molecule has 1 aliphatic heterocycles. The van der Waals surface area contributed by atoms with Crippen molar-refractivity contribution in [1.29, 1.82) is 0 Å². The predicted octanol–water partition coefficient (Wildman–Crippen LogP) is 4.82. The summed E-state index contributed by atoms with van der Waals surface area (Å²) in [5.41, 5.74) is 1.14. The first-order valence-electron chi connectivity index (χ1n) is 9.42. The first kappa shape index (κ1) is 19.5. The van der Waals surface area contributed by atoms with E-state index in [1.54, 1.807) is 11.9 Å². The van der Waals surface area contributed by atoms with Crippen LogP contribution in [0.15, 0.2) is 48.5 Å². The Bertz CT molecular complexity index is 1070. The molecule has 1 aromatic heterocycles. The Morgan fingerprint density at radius 2 is 1.93 bits per heavy atom. The summed E-state index contributed by atoms with van der Waals surface area (Å²) in [5, 5.41) is 1.16. The summed E-state index contributed by atoms with van der Waals surface area (Å²) >= 11 is 0. The van der Waals surface area contributed by atoms with Gasteiger partial charge >= 0.3 is 6.18 Å². The maximum absolute atomic E-state index is 13.5. The molecule has 0 spiro atoms. The fraction of sp³-hybridized carbons (Fsp3) is 0.318. The van der Waals surface area contributed by atoms with Gasteiger partial charge in [0, 0.05) is 30.8 Å². The second kappa shape index (κ2) is 7.21. The number of benzene rings is 2. The van der Waals surface area contributed by atoms with Gasteiger partial charge in [0.2, 0.25) is 5.91 Å². The fourth-order valence-corrected chi connectivity index (χ4v) is 4.03. The van der Waals surface area contributed by atoms with Crippen LogP contribution in [0.2, 0.25) is 0 Å². The van der Waals surface area contributed by atoms with Crippen molar-refractivity contribution in [3.05, 3.63) is 71.2 Å². The smallest absolute Gasteiger partial charge is 0.343 e. The number of halogens is 4. The van der Waals surface area contributed by atoms with Gasteiger partial charge in [0.1, 0.15) is 5.82 Å². The van der Waals surface area contributed by atoms with Crippen LogP contribution in [-0.4, -0.2) is 28.5 Å². The molecule has 0 unspecified atom stereocenters. The number of alkyl halides is 3. The van der Waals surface area contributed by atoms with Crippen molar-refractivity contribution in [2.75, 3.05) is 7.05 Å². The number of nitrogens with zero attached hydrogens (tertiary/aromatic N) is 2. The highest BCUT2D eigenvalue weighted by atomic mass is 19.4. The number of hydrogen-bond acceptors (Lipinski definition) is 1. The number of rotatable bonds is 3. The molecule has 2 aromatic carbocycles. The van der Waals surface area contributed by atoms with Crippen molar-refractivity contribution >= 4 is 16.8 Å². The number of carbonyl (C=O) groups is 1. The van der Waals surface area contributed by atoms with Crippen LogP contribution in [0.5, 0.6) is 0 Å². The Labute approximate surface area is 165 Å². The standard InChI is InChI=1S/C22H20F4N2O/c1-27(21(29)11-14-6-9-19(23)18(10-14)22(24,25)26)17-8-7-16-12-15-4-2-3-5-20(15)28(16)13-17/h2-6,9-10,12,17H,7-8,11,13H2,1H3/t17-/m1/s1. The van der Waals surface area contributed by atoms with Crippen LogP contribution in [0.1, 0.15) is 23.2 Å². The highest BCUT2D eigenvalue weighted by Gasteiger charge is 2.34. The quantitative estimate of drug-likeness (QED) is 0.575. The van der Waals surface area contributed by atoms with Gasteiger partial charge in [-0.15, -0.1) is 0 Å². The van der Waals surface area contributed by atoms with Crippen molar-refractivity contribution < 1.29 is 22.4 Å². The summed E-state index contributed by atoms with van der Waals surface area (Å²) in [6, 6.07) is 12.9. The maximum atomic E-state index is 13.5. The third kappa shape index (κ3) is 3.73. The van der Waals surface area contributed by atoms with Gasteiger partial charge in [0.25, 0.3) is 0 Å². The average molecular weight is 404 g/mol. The molecule has 1 aliphatic rings. The van der Waals surface area contributed by atoms with Crippen LogP contribution < -0.4 is 0 Å². The van der Waals surface area contributed by atoms with E-state index in [-0.39, 0.29) is 23.9 Å². The Balaban J connectivity index is 1.50. The first-order chi connectivity index (χ1) is 13.7. The van der Waals surface area contributed by atoms with Crippen molar-refractivity contribution in [3.63, 3.8) is 0 Å². The van der Waals surface area contributed by atoms with E-state index in [1.807, 2.05) is 18.2 Å². The average Bonchev–Trinajstić information content (AvgIpc) is 3.05. The zero-order chi connectivity index (χ0) is 20.8. The molecular formula is C22H20F4N2O. The minimum absolute atomic E-state index is 0.0478. The molecule has 3 aromatic rings. The highest BCUT2D eigenvalue weighted by molar-refractivity contribution is 5.82. The number of amides is 1. The molecule has 1 atom stereocenters. The summed E-state index contributed by atoms with van der Waals surface area (Å²) in [5.74, 6) is -1.61. The molecular weight excluding hydrogens is 384 g/mol. The molecule has 7 heteroatoms. The second-order valence-corrected chi connectivity index (χ2v) is 7.49. The van der Waals surface area contributed by atoms with Gasteiger partial charge in [-0.1, -0.05) is 24.3 Å². The van der Waals surface area contributed by atoms with Gasteiger partial charge in [-0.05, 0) is 48.1 Å². The number of para-hydroxylation sites is 1. The number of aromatic nitrogens is 1. The van der Waals surface area contributed by atoms with E-state index in [9.17, 15) is 22.4 Å². The number of hydrogen-bond donors (Lipinski definition) is 0. The molecule has 3 nitrogen and oxygen atoms in total. The van der Waals surface area contributed by atoms with Crippen LogP contribution in [0, 0.1) is 5.82 Å². The third-order valence-corrected chi connectivity index (χ3v) is 5.66. The lowest BCUT2D eigenvalue weighted by molar-refractivity contribution is -0.140. The van der Waals surface area contributed by atoms with Crippen LogP contribution in [-0.2, 0) is 30.4 Å². The topological polar surface area (TPSA) is 25.2 Å². The number of aryl methyl sites for hydroxylation is 1. The molecule has 0 saturated heterocycles. The number of fused-ring (bicyclic) bond motifs is 3. The van der Waals surface area contributed by atoms with Crippen LogP contribution in [0.4, 0.5) is 17.6 Å². The second-order valence-electron chi connectivity index (χ2n) is 7.49. The van der Waals surface area contributed by atoms with Crippen LogP contribution >= 0.6 is 0 Å². The Morgan fingerprint density at radius 1 is 1.17 bits per heavy atom. The molecule has 0 N–H and O–H groups in total. The lowest BCUT2D eigenvalue weighted by atomic mass is 10.0. The Kier molecular flexibility index (Phi) is 4.84. The van der Waals surface area contributed by atoms with Gasteiger partial charge in [-0.2, -0.15) is 13.2 Å². The molecule has 0 saturated carbocycles. The van der Waals surface area contributed by atoms with Crippen molar-refractivity contribution in [1.82, 2.24) is 9.47 Å².